The number of methoxy groups -OCH3 is 1. The van der Waals surface area contributed by atoms with Crippen molar-refractivity contribution in [1.82, 2.24) is 9.29 Å². The van der Waals surface area contributed by atoms with Crippen molar-refractivity contribution < 1.29 is 13.2 Å². The number of sulfonamides is 1. The van der Waals surface area contributed by atoms with Crippen molar-refractivity contribution in [3.63, 3.8) is 0 Å². The van der Waals surface area contributed by atoms with Gasteiger partial charge >= 0.3 is 0 Å². The number of pyridine rings is 1. The molecule has 6 nitrogen and oxygen atoms in total. The van der Waals surface area contributed by atoms with Crippen molar-refractivity contribution in [3.05, 3.63) is 64.1 Å². The van der Waals surface area contributed by atoms with E-state index in [2.05, 4.69) is 4.72 Å². The molecule has 130 valence electrons. The van der Waals surface area contributed by atoms with Crippen LogP contribution in [0.5, 0.6) is 5.75 Å². The summed E-state index contributed by atoms with van der Waals surface area (Å²) in [4.78, 5) is 12.0. The van der Waals surface area contributed by atoms with E-state index < -0.39 is 10.0 Å². The van der Waals surface area contributed by atoms with Crippen LogP contribution in [0, 0.1) is 6.92 Å². The lowest BCUT2D eigenvalue weighted by atomic mass is 10.2. The van der Waals surface area contributed by atoms with Crippen molar-refractivity contribution in [2.75, 3.05) is 19.4 Å². The van der Waals surface area contributed by atoms with E-state index >= 15 is 0 Å². The highest BCUT2D eigenvalue weighted by atomic mass is 32.2. The maximum atomic E-state index is 12.0. The SMILES string of the molecule is COc1cc(C)n(CCNS(=O)(=O)CCc2ccccc2)c(=O)c1. The fourth-order valence-corrected chi connectivity index (χ4v) is 3.44. The third-order valence-electron chi connectivity index (χ3n) is 3.70. The van der Waals surface area contributed by atoms with Gasteiger partial charge in [0.2, 0.25) is 10.0 Å². The molecule has 0 saturated carbocycles. The number of aromatic nitrogens is 1. The first-order valence-corrected chi connectivity index (χ1v) is 9.33. The molecule has 2 rings (SSSR count). The summed E-state index contributed by atoms with van der Waals surface area (Å²) in [6, 6.07) is 12.6. The molecule has 1 aromatic heterocycles. The summed E-state index contributed by atoms with van der Waals surface area (Å²) in [6.45, 7) is 2.23. The first kappa shape index (κ1) is 18.2. The Morgan fingerprint density at radius 1 is 1.17 bits per heavy atom. The molecule has 2 aromatic rings. The van der Waals surface area contributed by atoms with Crippen LogP contribution in [0.3, 0.4) is 0 Å². The number of nitrogens with one attached hydrogen (secondary N) is 1. The molecule has 1 heterocycles. The Bertz CT molecular complexity index is 829. The number of nitrogens with zero attached hydrogens (tertiary/aromatic N) is 1. The Labute approximate surface area is 142 Å². The van der Waals surface area contributed by atoms with Gasteiger partial charge < -0.3 is 9.30 Å². The first-order chi connectivity index (χ1) is 11.4. The molecule has 0 amide bonds. The highest BCUT2D eigenvalue weighted by Crippen LogP contribution is 2.08. The summed E-state index contributed by atoms with van der Waals surface area (Å²) >= 11 is 0. The first-order valence-electron chi connectivity index (χ1n) is 7.68. The molecule has 0 aliphatic heterocycles. The minimum atomic E-state index is -3.38. The van der Waals surface area contributed by atoms with Gasteiger partial charge in [0.1, 0.15) is 5.75 Å². The molecule has 1 N–H and O–H groups in total. The van der Waals surface area contributed by atoms with E-state index in [9.17, 15) is 13.2 Å². The molecule has 0 radical (unpaired) electrons. The van der Waals surface area contributed by atoms with Gasteiger partial charge in [0.25, 0.3) is 5.56 Å². The molecule has 0 unspecified atom stereocenters. The summed E-state index contributed by atoms with van der Waals surface area (Å²) in [7, 11) is -1.88. The summed E-state index contributed by atoms with van der Waals surface area (Å²) < 4.78 is 33.2. The van der Waals surface area contributed by atoms with Gasteiger partial charge in [-0.2, -0.15) is 0 Å². The highest BCUT2D eigenvalue weighted by molar-refractivity contribution is 7.89. The highest BCUT2D eigenvalue weighted by Gasteiger charge is 2.11. The van der Waals surface area contributed by atoms with E-state index in [1.807, 2.05) is 30.3 Å². The average Bonchev–Trinajstić information content (AvgIpc) is 2.56. The van der Waals surface area contributed by atoms with Crippen LogP contribution >= 0.6 is 0 Å². The second kappa shape index (κ2) is 8.12. The van der Waals surface area contributed by atoms with Gasteiger partial charge in [0.15, 0.2) is 0 Å². The van der Waals surface area contributed by atoms with Gasteiger partial charge in [0, 0.05) is 24.8 Å². The lowest BCUT2D eigenvalue weighted by Gasteiger charge is -2.12. The Hall–Kier alpha value is -2.12. The molecule has 0 aliphatic rings. The third kappa shape index (κ3) is 5.21. The predicted octanol–water partition coefficient (Wildman–Crippen LogP) is 1.33. The lowest BCUT2D eigenvalue weighted by Crippen LogP contribution is -2.33. The van der Waals surface area contributed by atoms with Crippen LogP contribution in [-0.2, 0) is 23.0 Å². The normalized spacial score (nSPS) is 11.4. The van der Waals surface area contributed by atoms with Gasteiger partial charge in [-0.15, -0.1) is 0 Å². The fraction of sp³-hybridized carbons (Fsp3) is 0.353. The number of hydrogen-bond acceptors (Lipinski definition) is 4. The van der Waals surface area contributed by atoms with E-state index in [-0.39, 0.29) is 24.4 Å². The molecule has 0 bridgehead atoms. The molecular formula is C17H22N2O4S. The van der Waals surface area contributed by atoms with Crippen molar-refractivity contribution in [3.8, 4) is 5.75 Å². The number of aryl methyl sites for hydroxylation is 2. The summed E-state index contributed by atoms with van der Waals surface area (Å²) in [5.74, 6) is 0.519. The second-order valence-electron chi connectivity index (χ2n) is 5.48. The largest absolute Gasteiger partial charge is 0.496 e. The summed E-state index contributed by atoms with van der Waals surface area (Å²) in [6.07, 6.45) is 0.456. The topological polar surface area (TPSA) is 77.4 Å². The molecular weight excluding hydrogens is 328 g/mol. The van der Waals surface area contributed by atoms with Gasteiger partial charge in [-0.25, -0.2) is 13.1 Å². The predicted molar refractivity (Wildman–Crippen MR) is 93.9 cm³/mol. The van der Waals surface area contributed by atoms with Crippen molar-refractivity contribution >= 4 is 10.0 Å². The summed E-state index contributed by atoms with van der Waals surface area (Å²) in [5.41, 5.74) is 1.49. The van der Waals surface area contributed by atoms with Crippen molar-refractivity contribution in [2.24, 2.45) is 0 Å². The zero-order valence-corrected chi connectivity index (χ0v) is 14.7. The van der Waals surface area contributed by atoms with Crippen LogP contribution in [0.25, 0.3) is 0 Å². The third-order valence-corrected chi connectivity index (χ3v) is 5.09. The quantitative estimate of drug-likeness (QED) is 0.779. The molecule has 0 spiro atoms. The molecule has 0 atom stereocenters. The number of rotatable bonds is 8. The maximum absolute atomic E-state index is 12.0. The zero-order valence-electron chi connectivity index (χ0n) is 13.9. The van der Waals surface area contributed by atoms with Gasteiger partial charge in [-0.05, 0) is 25.0 Å². The van der Waals surface area contributed by atoms with Gasteiger partial charge in [0.05, 0.1) is 12.9 Å². The number of benzene rings is 1. The zero-order chi connectivity index (χ0) is 17.6. The molecule has 7 heteroatoms. The second-order valence-corrected chi connectivity index (χ2v) is 7.40. The van der Waals surface area contributed by atoms with Crippen LogP contribution in [0.1, 0.15) is 11.3 Å². The van der Waals surface area contributed by atoms with Crippen LogP contribution < -0.4 is 15.0 Å². The van der Waals surface area contributed by atoms with E-state index in [1.165, 1.54) is 17.7 Å². The summed E-state index contributed by atoms with van der Waals surface area (Å²) in [5, 5.41) is 0. The fourth-order valence-electron chi connectivity index (χ4n) is 2.39. The van der Waals surface area contributed by atoms with Crippen LogP contribution in [0.15, 0.2) is 47.3 Å². The van der Waals surface area contributed by atoms with E-state index in [4.69, 9.17) is 4.74 Å². The van der Waals surface area contributed by atoms with Crippen LogP contribution in [-0.4, -0.2) is 32.4 Å². The maximum Gasteiger partial charge on any atom is 0.254 e. The Kier molecular flexibility index (Phi) is 6.16. The number of ether oxygens (including phenoxy) is 1. The lowest BCUT2D eigenvalue weighted by molar-refractivity contribution is 0.411. The van der Waals surface area contributed by atoms with Crippen LogP contribution in [0.2, 0.25) is 0 Å². The van der Waals surface area contributed by atoms with E-state index in [0.717, 1.165) is 11.3 Å². The van der Waals surface area contributed by atoms with E-state index in [1.54, 1.807) is 13.0 Å². The average molecular weight is 350 g/mol. The Balaban J connectivity index is 1.90. The minimum Gasteiger partial charge on any atom is -0.496 e. The Morgan fingerprint density at radius 2 is 1.88 bits per heavy atom. The minimum absolute atomic E-state index is 0.0213. The van der Waals surface area contributed by atoms with Crippen molar-refractivity contribution in [1.29, 1.82) is 0 Å². The Morgan fingerprint density at radius 3 is 2.50 bits per heavy atom. The van der Waals surface area contributed by atoms with Crippen molar-refractivity contribution in [2.45, 2.75) is 19.9 Å². The molecule has 0 fully saturated rings. The van der Waals surface area contributed by atoms with Crippen LogP contribution in [0.4, 0.5) is 0 Å². The molecule has 0 aliphatic carbocycles. The monoisotopic (exact) mass is 350 g/mol. The number of hydrogen-bond donors (Lipinski definition) is 1. The molecule has 0 saturated heterocycles. The molecule has 1 aromatic carbocycles. The molecule has 24 heavy (non-hydrogen) atoms. The van der Waals surface area contributed by atoms with Gasteiger partial charge in [-0.1, -0.05) is 30.3 Å². The van der Waals surface area contributed by atoms with E-state index in [0.29, 0.717) is 12.2 Å². The van der Waals surface area contributed by atoms with Gasteiger partial charge in [-0.3, -0.25) is 4.79 Å². The smallest absolute Gasteiger partial charge is 0.254 e. The standard InChI is InChI=1S/C17H22N2O4S/c1-14-12-16(23-2)13-17(20)19(14)10-9-18-24(21,22)11-8-15-6-4-3-5-7-15/h3-7,12-13,18H,8-11H2,1-2H3.